The molecule has 112 valence electrons. The van der Waals surface area contributed by atoms with Gasteiger partial charge in [0.2, 0.25) is 5.91 Å². The zero-order chi connectivity index (χ0) is 15.7. The molecule has 6 heteroatoms. The lowest BCUT2D eigenvalue weighted by molar-refractivity contribution is -0.117. The number of amides is 3. The van der Waals surface area contributed by atoms with E-state index in [0.29, 0.717) is 22.1 Å². The van der Waals surface area contributed by atoms with Gasteiger partial charge < -0.3 is 10.2 Å². The average molecular weight is 316 g/mol. The largest absolute Gasteiger partial charge is 0.326 e. The molecule has 1 aliphatic rings. The van der Waals surface area contributed by atoms with Gasteiger partial charge in [0.15, 0.2) is 0 Å². The van der Waals surface area contributed by atoms with Gasteiger partial charge in [-0.1, -0.05) is 23.7 Å². The Kier molecular flexibility index (Phi) is 3.73. The molecule has 0 saturated heterocycles. The fourth-order valence-electron chi connectivity index (χ4n) is 2.34. The Morgan fingerprint density at radius 2 is 1.73 bits per heavy atom. The number of benzene rings is 2. The van der Waals surface area contributed by atoms with Crippen LogP contribution in [0.25, 0.3) is 0 Å². The van der Waals surface area contributed by atoms with E-state index in [1.807, 2.05) is 24.3 Å². The van der Waals surface area contributed by atoms with Crippen LogP contribution in [0.15, 0.2) is 48.5 Å². The molecule has 0 aliphatic carbocycles. The predicted octanol–water partition coefficient (Wildman–Crippen LogP) is 3.35. The Bertz CT molecular complexity index is 730. The molecule has 2 aromatic rings. The number of carbonyl (C=O) groups excluding carboxylic acids is 2. The standard InChI is InChI=1S/C16H14ClN3O2/c1-19-13-4-2-3-5-14(13)20(10-15(19)21)16(22)18-12-8-6-11(17)7-9-12/h2-9H,10H2,1H3,(H,18,22). The molecule has 0 aromatic heterocycles. The molecule has 1 heterocycles. The smallest absolute Gasteiger partial charge is 0.312 e. The van der Waals surface area contributed by atoms with E-state index < -0.39 is 0 Å². The Morgan fingerprint density at radius 3 is 2.41 bits per heavy atom. The molecule has 0 spiro atoms. The first-order valence-electron chi connectivity index (χ1n) is 6.76. The van der Waals surface area contributed by atoms with Crippen molar-refractivity contribution in [2.24, 2.45) is 0 Å². The molecule has 0 atom stereocenters. The van der Waals surface area contributed by atoms with Crippen molar-refractivity contribution < 1.29 is 9.59 Å². The van der Waals surface area contributed by atoms with E-state index >= 15 is 0 Å². The summed E-state index contributed by atoms with van der Waals surface area (Å²) in [5.41, 5.74) is 2.04. The number of nitrogens with zero attached hydrogens (tertiary/aromatic N) is 2. The number of hydrogen-bond acceptors (Lipinski definition) is 2. The second-order valence-corrected chi connectivity index (χ2v) is 5.40. The second-order valence-electron chi connectivity index (χ2n) is 4.96. The number of hydrogen-bond donors (Lipinski definition) is 1. The minimum atomic E-state index is -0.351. The molecule has 3 amide bonds. The lowest BCUT2D eigenvalue weighted by atomic mass is 10.2. The first-order chi connectivity index (χ1) is 10.6. The summed E-state index contributed by atoms with van der Waals surface area (Å²) in [7, 11) is 1.70. The average Bonchev–Trinajstić information content (AvgIpc) is 2.53. The Labute approximate surface area is 133 Å². The summed E-state index contributed by atoms with van der Waals surface area (Å²) < 4.78 is 0. The van der Waals surface area contributed by atoms with Crippen LogP contribution < -0.4 is 15.1 Å². The van der Waals surface area contributed by atoms with Crippen molar-refractivity contribution in [3.05, 3.63) is 53.6 Å². The molecule has 0 fully saturated rings. The van der Waals surface area contributed by atoms with E-state index in [9.17, 15) is 9.59 Å². The van der Waals surface area contributed by atoms with Crippen LogP contribution in [0.5, 0.6) is 0 Å². The third-order valence-electron chi connectivity index (χ3n) is 3.54. The van der Waals surface area contributed by atoms with Gasteiger partial charge in [0.1, 0.15) is 6.54 Å². The van der Waals surface area contributed by atoms with Gasteiger partial charge in [-0.15, -0.1) is 0 Å². The Balaban J connectivity index is 1.88. The van der Waals surface area contributed by atoms with Gasteiger partial charge in [-0.05, 0) is 36.4 Å². The van der Waals surface area contributed by atoms with Crippen molar-refractivity contribution >= 4 is 40.6 Å². The monoisotopic (exact) mass is 315 g/mol. The summed E-state index contributed by atoms with van der Waals surface area (Å²) in [6.07, 6.45) is 0. The van der Waals surface area contributed by atoms with Crippen molar-refractivity contribution in [1.29, 1.82) is 0 Å². The van der Waals surface area contributed by atoms with E-state index in [0.717, 1.165) is 0 Å². The van der Waals surface area contributed by atoms with E-state index in [-0.39, 0.29) is 18.5 Å². The molecule has 0 saturated carbocycles. The maximum absolute atomic E-state index is 12.5. The quantitative estimate of drug-likeness (QED) is 0.877. The number of fused-ring (bicyclic) bond motifs is 1. The number of urea groups is 1. The fraction of sp³-hybridized carbons (Fsp3) is 0.125. The first-order valence-corrected chi connectivity index (χ1v) is 7.14. The van der Waals surface area contributed by atoms with Gasteiger partial charge in [0, 0.05) is 17.8 Å². The summed E-state index contributed by atoms with van der Waals surface area (Å²) in [4.78, 5) is 27.5. The molecule has 1 N–H and O–H groups in total. The minimum Gasteiger partial charge on any atom is -0.312 e. The summed E-state index contributed by atoms with van der Waals surface area (Å²) in [5.74, 6) is -0.134. The van der Waals surface area contributed by atoms with Crippen LogP contribution in [0, 0.1) is 0 Å². The highest BCUT2D eigenvalue weighted by Crippen LogP contribution is 2.32. The molecular formula is C16H14ClN3O2. The summed E-state index contributed by atoms with van der Waals surface area (Å²) >= 11 is 5.83. The number of nitrogens with one attached hydrogen (secondary N) is 1. The van der Waals surface area contributed by atoms with E-state index in [1.54, 1.807) is 36.2 Å². The number of carbonyl (C=O) groups is 2. The van der Waals surface area contributed by atoms with E-state index in [1.165, 1.54) is 4.90 Å². The van der Waals surface area contributed by atoms with Crippen molar-refractivity contribution in [2.45, 2.75) is 0 Å². The molecule has 3 rings (SSSR count). The van der Waals surface area contributed by atoms with E-state index in [2.05, 4.69) is 5.32 Å². The maximum atomic E-state index is 12.5. The van der Waals surface area contributed by atoms with Crippen LogP contribution in [-0.4, -0.2) is 25.5 Å². The van der Waals surface area contributed by atoms with Crippen LogP contribution in [0.3, 0.4) is 0 Å². The van der Waals surface area contributed by atoms with Crippen LogP contribution in [-0.2, 0) is 4.79 Å². The molecule has 0 unspecified atom stereocenters. The third-order valence-corrected chi connectivity index (χ3v) is 3.79. The predicted molar refractivity (Wildman–Crippen MR) is 87.7 cm³/mol. The van der Waals surface area contributed by atoms with Crippen molar-refractivity contribution in [2.75, 3.05) is 28.7 Å². The zero-order valence-corrected chi connectivity index (χ0v) is 12.7. The Morgan fingerprint density at radius 1 is 1.09 bits per heavy atom. The molecular weight excluding hydrogens is 302 g/mol. The highest BCUT2D eigenvalue weighted by atomic mass is 35.5. The first kappa shape index (κ1) is 14.4. The van der Waals surface area contributed by atoms with Crippen molar-refractivity contribution in [1.82, 2.24) is 0 Å². The molecule has 22 heavy (non-hydrogen) atoms. The summed E-state index contributed by atoms with van der Waals surface area (Å²) in [6, 6.07) is 13.8. The SMILES string of the molecule is CN1C(=O)CN(C(=O)Nc2ccc(Cl)cc2)c2ccccc21. The van der Waals surface area contributed by atoms with Gasteiger partial charge >= 0.3 is 6.03 Å². The van der Waals surface area contributed by atoms with Gasteiger partial charge in [-0.25, -0.2) is 4.79 Å². The number of para-hydroxylation sites is 2. The molecule has 1 aliphatic heterocycles. The maximum Gasteiger partial charge on any atom is 0.326 e. The summed E-state index contributed by atoms with van der Waals surface area (Å²) in [6.45, 7) is 0.00688. The zero-order valence-electron chi connectivity index (χ0n) is 11.9. The van der Waals surface area contributed by atoms with Crippen LogP contribution in [0.2, 0.25) is 5.02 Å². The Hall–Kier alpha value is -2.53. The number of anilines is 3. The molecule has 0 radical (unpaired) electrons. The van der Waals surface area contributed by atoms with Gasteiger partial charge in [0.05, 0.1) is 11.4 Å². The summed E-state index contributed by atoms with van der Waals surface area (Å²) in [5, 5.41) is 3.37. The highest BCUT2D eigenvalue weighted by Gasteiger charge is 2.30. The van der Waals surface area contributed by atoms with E-state index in [4.69, 9.17) is 11.6 Å². The number of rotatable bonds is 1. The fourth-order valence-corrected chi connectivity index (χ4v) is 2.47. The van der Waals surface area contributed by atoms with Crippen molar-refractivity contribution in [3.8, 4) is 0 Å². The second kappa shape index (κ2) is 5.69. The van der Waals surface area contributed by atoms with Gasteiger partial charge in [-0.2, -0.15) is 0 Å². The normalized spacial score (nSPS) is 13.8. The van der Waals surface area contributed by atoms with Crippen molar-refractivity contribution in [3.63, 3.8) is 0 Å². The van der Waals surface area contributed by atoms with Crippen LogP contribution in [0.1, 0.15) is 0 Å². The van der Waals surface area contributed by atoms with Crippen LogP contribution >= 0.6 is 11.6 Å². The third kappa shape index (κ3) is 2.63. The topological polar surface area (TPSA) is 52.7 Å². The molecule has 2 aromatic carbocycles. The molecule has 5 nitrogen and oxygen atoms in total. The lowest BCUT2D eigenvalue weighted by Crippen LogP contribution is -2.48. The number of halogens is 1. The lowest BCUT2D eigenvalue weighted by Gasteiger charge is -2.34. The minimum absolute atomic E-state index is 0.00688. The highest BCUT2D eigenvalue weighted by molar-refractivity contribution is 6.30. The van der Waals surface area contributed by atoms with Gasteiger partial charge in [-0.3, -0.25) is 9.69 Å². The van der Waals surface area contributed by atoms with Gasteiger partial charge in [0.25, 0.3) is 0 Å². The number of likely N-dealkylation sites (N-methyl/N-ethyl adjacent to an activating group) is 1. The van der Waals surface area contributed by atoms with Crippen LogP contribution in [0.4, 0.5) is 21.9 Å². The molecule has 0 bridgehead atoms.